The van der Waals surface area contributed by atoms with Crippen LogP contribution in [0.25, 0.3) is 0 Å². The molecule has 0 bridgehead atoms. The summed E-state index contributed by atoms with van der Waals surface area (Å²) in [6.07, 6.45) is 3.69. The fraction of sp³-hybridized carbons (Fsp3) is 0.375. The summed E-state index contributed by atoms with van der Waals surface area (Å²) < 4.78 is 2.09. The number of hydrogen-bond donors (Lipinski definition) is 2. The lowest BCUT2D eigenvalue weighted by atomic mass is 10.2. The van der Waals surface area contributed by atoms with Gasteiger partial charge in [-0.1, -0.05) is 0 Å². The van der Waals surface area contributed by atoms with Crippen LogP contribution in [0.15, 0.2) is 36.8 Å². The van der Waals surface area contributed by atoms with Gasteiger partial charge < -0.3 is 15.2 Å². The topological polar surface area (TPSA) is 59.0 Å². The Labute approximate surface area is 125 Å². The number of carbonyl (C=O) groups is 1. The van der Waals surface area contributed by atoms with Crippen LogP contribution >= 0.6 is 0 Å². The first-order valence-electron chi connectivity index (χ1n) is 7.24. The van der Waals surface area contributed by atoms with Crippen LogP contribution in [0.5, 0.6) is 0 Å². The Morgan fingerprint density at radius 3 is 2.62 bits per heavy atom. The Morgan fingerprint density at radius 1 is 1.29 bits per heavy atom. The minimum atomic E-state index is -0.0411. The number of nitrogens with zero attached hydrogens (tertiary/aromatic N) is 2. The van der Waals surface area contributed by atoms with Gasteiger partial charge in [-0.3, -0.25) is 4.79 Å². The van der Waals surface area contributed by atoms with E-state index in [1.54, 1.807) is 0 Å². The van der Waals surface area contributed by atoms with E-state index < -0.39 is 0 Å². The molecule has 0 unspecified atom stereocenters. The predicted octanol–water partition coefficient (Wildman–Crippen LogP) is 2.65. The zero-order chi connectivity index (χ0) is 15.2. The molecule has 0 atom stereocenters. The van der Waals surface area contributed by atoms with Crippen LogP contribution in [0.1, 0.15) is 36.8 Å². The fourth-order valence-corrected chi connectivity index (χ4v) is 2.06. The molecule has 2 aromatic rings. The Hall–Kier alpha value is -2.30. The molecule has 0 aliphatic rings. The molecule has 0 aliphatic carbocycles. The number of amides is 1. The lowest BCUT2D eigenvalue weighted by Gasteiger charge is -2.10. The summed E-state index contributed by atoms with van der Waals surface area (Å²) in [5.41, 5.74) is 2.80. The average molecular weight is 286 g/mol. The first-order valence-corrected chi connectivity index (χ1v) is 7.24. The molecule has 5 heteroatoms. The van der Waals surface area contributed by atoms with E-state index in [1.165, 1.54) is 0 Å². The van der Waals surface area contributed by atoms with Gasteiger partial charge in [-0.05, 0) is 45.0 Å². The lowest BCUT2D eigenvalue weighted by Crippen LogP contribution is -2.29. The molecule has 0 saturated heterocycles. The molecule has 1 heterocycles. The highest BCUT2D eigenvalue weighted by Gasteiger charge is 2.06. The van der Waals surface area contributed by atoms with E-state index in [0.29, 0.717) is 12.1 Å². The van der Waals surface area contributed by atoms with Crippen molar-refractivity contribution in [1.82, 2.24) is 14.9 Å². The molecule has 21 heavy (non-hydrogen) atoms. The molecule has 0 saturated carbocycles. The van der Waals surface area contributed by atoms with Gasteiger partial charge in [0.15, 0.2) is 0 Å². The molecule has 1 aromatic carbocycles. The van der Waals surface area contributed by atoms with Crippen LogP contribution in [0, 0.1) is 0 Å². The maximum Gasteiger partial charge on any atom is 0.251 e. The van der Waals surface area contributed by atoms with Crippen molar-refractivity contribution in [2.24, 2.45) is 0 Å². The van der Waals surface area contributed by atoms with Crippen LogP contribution in [-0.4, -0.2) is 21.5 Å². The number of aromatic nitrogens is 2. The second-order valence-corrected chi connectivity index (χ2v) is 5.23. The van der Waals surface area contributed by atoms with E-state index in [2.05, 4.69) is 27.1 Å². The van der Waals surface area contributed by atoms with Crippen molar-refractivity contribution in [3.8, 4) is 0 Å². The van der Waals surface area contributed by atoms with Gasteiger partial charge in [-0.25, -0.2) is 4.98 Å². The van der Waals surface area contributed by atoms with Crippen LogP contribution < -0.4 is 10.6 Å². The van der Waals surface area contributed by atoms with Gasteiger partial charge in [0, 0.05) is 30.0 Å². The molecule has 0 aliphatic heterocycles. The second kappa shape index (κ2) is 6.92. The quantitative estimate of drug-likeness (QED) is 0.858. The van der Waals surface area contributed by atoms with E-state index in [-0.39, 0.29) is 11.9 Å². The van der Waals surface area contributed by atoms with Crippen molar-refractivity contribution in [2.75, 3.05) is 5.32 Å². The summed E-state index contributed by atoms with van der Waals surface area (Å²) in [5.74, 6) is -0.0411. The molecule has 1 amide bonds. The molecular formula is C16H22N4O. The number of rotatable bonds is 6. The summed E-state index contributed by atoms with van der Waals surface area (Å²) in [6, 6.07) is 7.64. The van der Waals surface area contributed by atoms with Crippen LogP contribution in [0.3, 0.4) is 0 Å². The highest BCUT2D eigenvalue weighted by atomic mass is 16.1. The molecule has 1 aromatic heterocycles. The molecule has 2 N–H and O–H groups in total. The Kier molecular flexibility index (Phi) is 4.98. The monoisotopic (exact) mass is 286 g/mol. The Morgan fingerprint density at radius 2 is 2.00 bits per heavy atom. The summed E-state index contributed by atoms with van der Waals surface area (Å²) in [5, 5.41) is 6.21. The Balaban J connectivity index is 1.95. The molecule has 2 rings (SSSR count). The molecule has 112 valence electrons. The van der Waals surface area contributed by atoms with E-state index in [4.69, 9.17) is 0 Å². The SMILES string of the molecule is CCn1cncc1CNc1ccc(C(=O)NC(C)C)cc1. The van der Waals surface area contributed by atoms with Gasteiger partial charge in [0.25, 0.3) is 5.91 Å². The summed E-state index contributed by atoms with van der Waals surface area (Å²) in [7, 11) is 0. The van der Waals surface area contributed by atoms with Gasteiger partial charge in [0.05, 0.1) is 18.6 Å². The van der Waals surface area contributed by atoms with E-state index in [0.717, 1.165) is 17.9 Å². The summed E-state index contributed by atoms with van der Waals surface area (Å²) in [6.45, 7) is 7.61. The molecule has 0 fully saturated rings. The average Bonchev–Trinajstić information content (AvgIpc) is 2.92. The highest BCUT2D eigenvalue weighted by molar-refractivity contribution is 5.94. The van der Waals surface area contributed by atoms with Crippen molar-refractivity contribution in [3.05, 3.63) is 48.0 Å². The molecule has 5 nitrogen and oxygen atoms in total. The highest BCUT2D eigenvalue weighted by Crippen LogP contribution is 2.11. The third-order valence-corrected chi connectivity index (χ3v) is 3.18. The predicted molar refractivity (Wildman–Crippen MR) is 84.3 cm³/mol. The molecule has 0 radical (unpaired) electrons. The second-order valence-electron chi connectivity index (χ2n) is 5.23. The van der Waals surface area contributed by atoms with Gasteiger partial charge in [0.1, 0.15) is 0 Å². The largest absolute Gasteiger partial charge is 0.379 e. The van der Waals surface area contributed by atoms with Crippen molar-refractivity contribution in [2.45, 2.75) is 39.9 Å². The first-order chi connectivity index (χ1) is 10.1. The zero-order valence-corrected chi connectivity index (χ0v) is 12.8. The number of hydrogen-bond acceptors (Lipinski definition) is 3. The summed E-state index contributed by atoms with van der Waals surface area (Å²) in [4.78, 5) is 16.0. The van der Waals surface area contributed by atoms with Crippen LogP contribution in [0.4, 0.5) is 5.69 Å². The number of nitrogens with one attached hydrogen (secondary N) is 2. The first kappa shape index (κ1) is 15.1. The summed E-state index contributed by atoms with van der Waals surface area (Å²) >= 11 is 0. The van der Waals surface area contributed by atoms with Crippen molar-refractivity contribution >= 4 is 11.6 Å². The number of carbonyl (C=O) groups excluding carboxylic acids is 1. The standard InChI is InChI=1S/C16H22N4O/c1-4-20-11-17-9-15(20)10-18-14-7-5-13(6-8-14)16(21)19-12(2)3/h5-9,11-12,18H,4,10H2,1-3H3,(H,19,21). The fourth-order valence-electron chi connectivity index (χ4n) is 2.06. The van der Waals surface area contributed by atoms with Crippen molar-refractivity contribution in [1.29, 1.82) is 0 Å². The van der Waals surface area contributed by atoms with E-state index in [1.807, 2.05) is 50.6 Å². The smallest absolute Gasteiger partial charge is 0.251 e. The normalized spacial score (nSPS) is 10.7. The third-order valence-electron chi connectivity index (χ3n) is 3.18. The van der Waals surface area contributed by atoms with E-state index >= 15 is 0 Å². The van der Waals surface area contributed by atoms with Crippen LogP contribution in [-0.2, 0) is 13.1 Å². The third kappa shape index (κ3) is 4.08. The maximum absolute atomic E-state index is 11.9. The van der Waals surface area contributed by atoms with Crippen LogP contribution in [0.2, 0.25) is 0 Å². The number of aryl methyl sites for hydroxylation is 1. The van der Waals surface area contributed by atoms with Gasteiger partial charge in [0.2, 0.25) is 0 Å². The van der Waals surface area contributed by atoms with Gasteiger partial charge in [-0.2, -0.15) is 0 Å². The molecular weight excluding hydrogens is 264 g/mol. The zero-order valence-electron chi connectivity index (χ0n) is 12.8. The maximum atomic E-state index is 11.9. The van der Waals surface area contributed by atoms with Gasteiger partial charge >= 0.3 is 0 Å². The number of imidazole rings is 1. The Bertz CT molecular complexity index is 587. The number of anilines is 1. The lowest BCUT2D eigenvalue weighted by molar-refractivity contribution is 0.0943. The van der Waals surface area contributed by atoms with Gasteiger partial charge in [-0.15, -0.1) is 0 Å². The minimum absolute atomic E-state index is 0.0411. The van der Waals surface area contributed by atoms with Crippen molar-refractivity contribution < 1.29 is 4.79 Å². The van der Waals surface area contributed by atoms with E-state index in [9.17, 15) is 4.79 Å². The molecule has 0 spiro atoms. The number of benzene rings is 1. The minimum Gasteiger partial charge on any atom is -0.379 e. The van der Waals surface area contributed by atoms with Crippen molar-refractivity contribution in [3.63, 3.8) is 0 Å².